The van der Waals surface area contributed by atoms with E-state index in [2.05, 4.69) is 6.07 Å². The third-order valence-electron chi connectivity index (χ3n) is 3.13. The monoisotopic (exact) mass is 181 g/mol. The average molecular weight is 181 g/mol. The second-order valence-electron chi connectivity index (χ2n) is 3.83. The lowest BCUT2D eigenvalue weighted by Crippen LogP contribution is -2.42. The fourth-order valence-corrected chi connectivity index (χ4v) is 2.47. The van der Waals surface area contributed by atoms with Gasteiger partial charge in [-0.3, -0.25) is 4.79 Å². The van der Waals surface area contributed by atoms with E-state index in [4.69, 9.17) is 10.4 Å². The van der Waals surface area contributed by atoms with Gasteiger partial charge in [0.2, 0.25) is 0 Å². The Kier molecular flexibility index (Phi) is 2.34. The van der Waals surface area contributed by atoms with Gasteiger partial charge in [-0.1, -0.05) is 13.8 Å². The van der Waals surface area contributed by atoms with Crippen LogP contribution in [0.15, 0.2) is 0 Å². The van der Waals surface area contributed by atoms with E-state index >= 15 is 0 Å². The molecule has 0 atom stereocenters. The predicted molar refractivity (Wildman–Crippen MR) is 47.9 cm³/mol. The van der Waals surface area contributed by atoms with Crippen molar-refractivity contribution in [3.8, 4) is 6.07 Å². The highest BCUT2D eigenvalue weighted by Gasteiger charge is 2.65. The number of carboxylic acid groups (broad SMARTS) is 1. The lowest BCUT2D eigenvalue weighted by molar-refractivity contribution is -0.154. The number of hydrogen-bond donors (Lipinski definition) is 1. The van der Waals surface area contributed by atoms with Crippen molar-refractivity contribution in [3.63, 3.8) is 0 Å². The first-order valence-electron chi connectivity index (χ1n) is 4.77. The van der Waals surface area contributed by atoms with E-state index in [1.165, 1.54) is 0 Å². The Morgan fingerprint density at radius 3 is 2.15 bits per heavy atom. The van der Waals surface area contributed by atoms with E-state index in [0.29, 0.717) is 19.3 Å². The summed E-state index contributed by atoms with van der Waals surface area (Å²) in [4.78, 5) is 10.7. The Balaban J connectivity index is 0.000000396. The summed E-state index contributed by atoms with van der Waals surface area (Å²) in [6.07, 6.45) is 2.67. The number of carboxylic acids is 1. The number of rotatable bonds is 1. The van der Waals surface area contributed by atoms with Crippen LogP contribution in [0.3, 0.4) is 0 Å². The molecule has 3 saturated carbocycles. The maximum atomic E-state index is 10.7. The molecule has 13 heavy (non-hydrogen) atoms. The van der Waals surface area contributed by atoms with Crippen LogP contribution < -0.4 is 0 Å². The molecule has 3 rings (SSSR count). The molecule has 3 aliphatic rings. The number of hydrogen-bond acceptors (Lipinski definition) is 2. The van der Waals surface area contributed by atoms with Gasteiger partial charge in [-0.15, -0.1) is 0 Å². The van der Waals surface area contributed by atoms with E-state index < -0.39 is 11.4 Å². The minimum absolute atomic E-state index is 0.252. The first-order chi connectivity index (χ1) is 6.13. The maximum absolute atomic E-state index is 10.7. The zero-order chi connectivity index (χ0) is 10.1. The van der Waals surface area contributed by atoms with Crippen LogP contribution in [0.5, 0.6) is 0 Å². The predicted octanol–water partition coefficient (Wildman–Crippen LogP) is 2.18. The molecule has 3 aliphatic carbocycles. The number of fused-ring (bicyclic) bond motifs is 1. The van der Waals surface area contributed by atoms with E-state index in [-0.39, 0.29) is 5.41 Å². The smallest absolute Gasteiger partial charge is 0.309 e. The topological polar surface area (TPSA) is 61.1 Å². The molecule has 0 aromatic carbocycles. The standard InChI is InChI=1S/C8H9NO2.C2H6/c9-5-7-1-2-8(3-7,4-7)6(10)11;1-2/h1-4H2,(H,10,11);1-2H3. The molecule has 2 bridgehead atoms. The summed E-state index contributed by atoms with van der Waals surface area (Å²) < 4.78 is 0. The highest BCUT2D eigenvalue weighted by molar-refractivity contribution is 5.77. The minimum Gasteiger partial charge on any atom is -0.481 e. The third kappa shape index (κ3) is 1.21. The summed E-state index contributed by atoms with van der Waals surface area (Å²) >= 11 is 0. The molecule has 0 radical (unpaired) electrons. The molecule has 0 unspecified atom stereocenters. The van der Waals surface area contributed by atoms with Gasteiger partial charge in [0.25, 0.3) is 0 Å². The summed E-state index contributed by atoms with van der Waals surface area (Å²) in [6, 6.07) is 2.22. The van der Waals surface area contributed by atoms with E-state index in [1.807, 2.05) is 13.8 Å². The van der Waals surface area contributed by atoms with Crippen LogP contribution >= 0.6 is 0 Å². The molecule has 3 nitrogen and oxygen atoms in total. The van der Waals surface area contributed by atoms with Crippen LogP contribution in [-0.2, 0) is 4.79 Å². The Morgan fingerprint density at radius 1 is 1.38 bits per heavy atom. The zero-order valence-electron chi connectivity index (χ0n) is 8.13. The summed E-state index contributed by atoms with van der Waals surface area (Å²) in [5, 5.41) is 17.5. The van der Waals surface area contributed by atoms with Crippen molar-refractivity contribution in [3.05, 3.63) is 0 Å². The van der Waals surface area contributed by atoms with Gasteiger partial charge in [0, 0.05) is 0 Å². The molecule has 0 spiro atoms. The Labute approximate surface area is 78.4 Å². The quantitative estimate of drug-likeness (QED) is 0.674. The number of aliphatic carboxylic acids is 1. The fourth-order valence-electron chi connectivity index (χ4n) is 2.47. The summed E-state index contributed by atoms with van der Waals surface area (Å²) in [6.45, 7) is 4.00. The maximum Gasteiger partial charge on any atom is 0.309 e. The SMILES string of the molecule is CC.N#CC12CCC(C(=O)O)(C1)C2. The van der Waals surface area contributed by atoms with Crippen molar-refractivity contribution in [1.29, 1.82) is 5.26 Å². The Morgan fingerprint density at radius 2 is 1.92 bits per heavy atom. The van der Waals surface area contributed by atoms with Crippen molar-refractivity contribution in [2.24, 2.45) is 10.8 Å². The van der Waals surface area contributed by atoms with Gasteiger partial charge in [0.05, 0.1) is 16.9 Å². The van der Waals surface area contributed by atoms with Gasteiger partial charge in [-0.05, 0) is 25.7 Å². The van der Waals surface area contributed by atoms with Crippen molar-refractivity contribution in [1.82, 2.24) is 0 Å². The average Bonchev–Trinajstić information content (AvgIpc) is 2.62. The van der Waals surface area contributed by atoms with Crippen LogP contribution in [0.25, 0.3) is 0 Å². The molecule has 0 heterocycles. The van der Waals surface area contributed by atoms with E-state index in [9.17, 15) is 4.79 Å². The first kappa shape index (κ1) is 10.0. The molecule has 72 valence electrons. The normalized spacial score (nSPS) is 39.5. The molecule has 1 N–H and O–H groups in total. The van der Waals surface area contributed by atoms with Crippen LogP contribution in [0.4, 0.5) is 0 Å². The fraction of sp³-hybridized carbons (Fsp3) is 0.800. The molecular formula is C10H15NO2. The largest absolute Gasteiger partial charge is 0.481 e. The van der Waals surface area contributed by atoms with Crippen LogP contribution in [0.1, 0.15) is 39.5 Å². The summed E-state index contributed by atoms with van der Waals surface area (Å²) in [7, 11) is 0. The van der Waals surface area contributed by atoms with Gasteiger partial charge in [0.1, 0.15) is 0 Å². The van der Waals surface area contributed by atoms with Crippen molar-refractivity contribution in [2.45, 2.75) is 39.5 Å². The summed E-state index contributed by atoms with van der Waals surface area (Å²) in [5.74, 6) is -0.708. The molecule has 3 fully saturated rings. The molecule has 3 heteroatoms. The van der Waals surface area contributed by atoms with Crippen LogP contribution in [0, 0.1) is 22.2 Å². The first-order valence-corrected chi connectivity index (χ1v) is 4.77. The molecule has 0 aromatic rings. The highest BCUT2D eigenvalue weighted by atomic mass is 16.4. The molecule has 0 amide bonds. The minimum atomic E-state index is -0.708. The zero-order valence-corrected chi connectivity index (χ0v) is 8.13. The van der Waals surface area contributed by atoms with Crippen molar-refractivity contribution < 1.29 is 9.90 Å². The molecular weight excluding hydrogens is 166 g/mol. The number of carbonyl (C=O) groups is 1. The van der Waals surface area contributed by atoms with Gasteiger partial charge >= 0.3 is 5.97 Å². The lowest BCUT2D eigenvalue weighted by atomic mass is 9.61. The Hall–Kier alpha value is -1.04. The second kappa shape index (κ2) is 3.02. The van der Waals surface area contributed by atoms with Gasteiger partial charge in [-0.25, -0.2) is 0 Å². The lowest BCUT2D eigenvalue weighted by Gasteiger charge is -2.39. The van der Waals surface area contributed by atoms with E-state index in [1.54, 1.807) is 0 Å². The van der Waals surface area contributed by atoms with Gasteiger partial charge < -0.3 is 5.11 Å². The van der Waals surface area contributed by atoms with Crippen LogP contribution in [0.2, 0.25) is 0 Å². The van der Waals surface area contributed by atoms with Crippen molar-refractivity contribution >= 4 is 5.97 Å². The molecule has 0 aliphatic heterocycles. The van der Waals surface area contributed by atoms with Crippen LogP contribution in [-0.4, -0.2) is 11.1 Å². The summed E-state index contributed by atoms with van der Waals surface area (Å²) in [5.41, 5.74) is -0.756. The highest BCUT2D eigenvalue weighted by Crippen LogP contribution is 2.66. The molecule has 0 aromatic heterocycles. The molecule has 0 saturated heterocycles. The van der Waals surface area contributed by atoms with Gasteiger partial charge in [0.15, 0.2) is 0 Å². The van der Waals surface area contributed by atoms with Gasteiger partial charge in [-0.2, -0.15) is 5.26 Å². The second-order valence-corrected chi connectivity index (χ2v) is 3.83. The number of nitrogens with zero attached hydrogens (tertiary/aromatic N) is 1. The Bertz CT molecular complexity index is 259. The number of nitriles is 1. The third-order valence-corrected chi connectivity index (χ3v) is 3.13. The van der Waals surface area contributed by atoms with Crippen molar-refractivity contribution in [2.75, 3.05) is 0 Å². The van der Waals surface area contributed by atoms with E-state index in [0.717, 1.165) is 6.42 Å².